The molecule has 186 valence electrons. The van der Waals surface area contributed by atoms with Gasteiger partial charge in [-0.2, -0.15) is 0 Å². The Labute approximate surface area is 199 Å². The molecule has 0 saturated carbocycles. The van der Waals surface area contributed by atoms with E-state index in [0.29, 0.717) is 31.7 Å². The van der Waals surface area contributed by atoms with Gasteiger partial charge in [-0.15, -0.1) is 0 Å². The van der Waals surface area contributed by atoms with Crippen LogP contribution in [0, 0.1) is 11.8 Å². The third kappa shape index (κ3) is 7.36. The lowest BCUT2D eigenvalue weighted by molar-refractivity contribution is -0.265. The number of Topliss-reactive ketones (excluding diaryl/α,β-unsaturated/α-hetero) is 1. The van der Waals surface area contributed by atoms with Crippen LogP contribution in [0.5, 0.6) is 0 Å². The van der Waals surface area contributed by atoms with Gasteiger partial charge in [-0.1, -0.05) is 51.2 Å². The molecular formula is C27H43NO5. The lowest BCUT2D eigenvalue weighted by Gasteiger charge is -2.42. The molecule has 5 unspecified atom stereocenters. The van der Waals surface area contributed by atoms with Gasteiger partial charge in [0.05, 0.1) is 12.2 Å². The van der Waals surface area contributed by atoms with E-state index in [1.165, 1.54) is 0 Å². The SMILES string of the molecule is COC(CC1CCC(C)C(O)(C(=O)C(=O)N2CCCCC2C)O1)/C(C)=C/C=C/C=C/C(C)C. The van der Waals surface area contributed by atoms with Crippen molar-refractivity contribution >= 4 is 11.7 Å². The standard InChI is InChI=1S/C27H43NO5/c1-19(2)12-8-7-9-13-20(3)24(32-6)18-23-16-15-21(4)27(31,33-23)25(29)26(30)28-17-11-10-14-22(28)5/h7-9,12-13,19,21-24,31H,10-11,14-18H2,1-6H3/b9-7+,12-8+,20-13+. The van der Waals surface area contributed by atoms with Crippen molar-refractivity contribution < 1.29 is 24.2 Å². The topological polar surface area (TPSA) is 76.1 Å². The molecule has 6 heteroatoms. The molecule has 0 spiro atoms. The first kappa shape index (κ1) is 27.5. The van der Waals surface area contributed by atoms with Crippen molar-refractivity contribution in [3.63, 3.8) is 0 Å². The van der Waals surface area contributed by atoms with Crippen LogP contribution in [0.15, 0.2) is 36.0 Å². The highest BCUT2D eigenvalue weighted by atomic mass is 16.6. The van der Waals surface area contributed by atoms with Crippen LogP contribution < -0.4 is 0 Å². The number of piperidine rings is 1. The van der Waals surface area contributed by atoms with E-state index < -0.39 is 23.4 Å². The minimum atomic E-state index is -2.09. The molecule has 33 heavy (non-hydrogen) atoms. The predicted octanol–water partition coefficient (Wildman–Crippen LogP) is 4.58. The first-order valence-corrected chi connectivity index (χ1v) is 12.4. The van der Waals surface area contributed by atoms with E-state index >= 15 is 0 Å². The van der Waals surface area contributed by atoms with E-state index in [1.807, 2.05) is 38.2 Å². The molecule has 1 N–H and O–H groups in total. The Kier molecular flexibility index (Phi) is 10.5. The molecular weight excluding hydrogens is 418 g/mol. The number of rotatable bonds is 9. The Morgan fingerprint density at radius 2 is 1.88 bits per heavy atom. The molecule has 1 amide bonds. The number of allylic oxidation sites excluding steroid dienone is 5. The summed E-state index contributed by atoms with van der Waals surface area (Å²) in [4.78, 5) is 27.7. The maximum Gasteiger partial charge on any atom is 0.296 e. The maximum absolute atomic E-state index is 13.1. The first-order valence-electron chi connectivity index (χ1n) is 12.4. The summed E-state index contributed by atoms with van der Waals surface area (Å²) in [7, 11) is 1.65. The second-order valence-corrected chi connectivity index (χ2v) is 9.97. The second-order valence-electron chi connectivity index (χ2n) is 9.97. The average molecular weight is 462 g/mol. The van der Waals surface area contributed by atoms with E-state index in [4.69, 9.17) is 9.47 Å². The molecule has 0 aliphatic carbocycles. The van der Waals surface area contributed by atoms with Crippen molar-refractivity contribution in [1.82, 2.24) is 4.90 Å². The van der Waals surface area contributed by atoms with Gasteiger partial charge in [0, 0.05) is 32.0 Å². The van der Waals surface area contributed by atoms with Gasteiger partial charge in [0.1, 0.15) is 0 Å². The van der Waals surface area contributed by atoms with Crippen LogP contribution in [0.2, 0.25) is 0 Å². The molecule has 0 aromatic heterocycles. The Morgan fingerprint density at radius 3 is 2.52 bits per heavy atom. The molecule has 2 aliphatic heterocycles. The summed E-state index contributed by atoms with van der Waals surface area (Å²) < 4.78 is 11.6. The number of aliphatic hydroxyl groups is 1. The molecule has 6 nitrogen and oxygen atoms in total. The summed E-state index contributed by atoms with van der Waals surface area (Å²) in [5.74, 6) is -3.50. The minimum Gasteiger partial charge on any atom is -0.377 e. The van der Waals surface area contributed by atoms with Crippen LogP contribution in [0.4, 0.5) is 0 Å². The highest BCUT2D eigenvalue weighted by Crippen LogP contribution is 2.36. The van der Waals surface area contributed by atoms with Gasteiger partial charge < -0.3 is 19.5 Å². The zero-order valence-electron chi connectivity index (χ0n) is 21.3. The van der Waals surface area contributed by atoms with Gasteiger partial charge in [-0.3, -0.25) is 9.59 Å². The Bertz CT molecular complexity index is 756. The molecule has 2 fully saturated rings. The summed E-state index contributed by atoms with van der Waals surface area (Å²) >= 11 is 0. The summed E-state index contributed by atoms with van der Waals surface area (Å²) in [5, 5.41) is 11.2. The summed E-state index contributed by atoms with van der Waals surface area (Å²) in [5.41, 5.74) is 1.03. The van der Waals surface area contributed by atoms with E-state index in [-0.39, 0.29) is 18.2 Å². The Morgan fingerprint density at radius 1 is 1.15 bits per heavy atom. The number of nitrogens with zero attached hydrogens (tertiary/aromatic N) is 1. The molecule has 2 rings (SSSR count). The second kappa shape index (κ2) is 12.6. The van der Waals surface area contributed by atoms with Gasteiger partial charge in [0.25, 0.3) is 11.7 Å². The number of amides is 1. The fourth-order valence-electron chi connectivity index (χ4n) is 4.56. The molecule has 2 aliphatic rings. The lowest BCUT2D eigenvalue weighted by Crippen LogP contribution is -2.59. The zero-order valence-corrected chi connectivity index (χ0v) is 21.3. The number of hydrogen-bond donors (Lipinski definition) is 1. The number of likely N-dealkylation sites (tertiary alicyclic amines) is 1. The van der Waals surface area contributed by atoms with Crippen LogP contribution in [0.1, 0.15) is 73.1 Å². The van der Waals surface area contributed by atoms with Gasteiger partial charge in [0.15, 0.2) is 0 Å². The molecule has 0 aromatic carbocycles. The first-order chi connectivity index (χ1) is 15.6. The van der Waals surface area contributed by atoms with E-state index in [2.05, 4.69) is 19.9 Å². The fourth-order valence-corrected chi connectivity index (χ4v) is 4.56. The van der Waals surface area contributed by atoms with Crippen molar-refractivity contribution in [2.75, 3.05) is 13.7 Å². The summed E-state index contributed by atoms with van der Waals surface area (Å²) in [6, 6.07) is 0.00240. The molecule has 2 saturated heterocycles. The van der Waals surface area contributed by atoms with Gasteiger partial charge in [-0.05, 0) is 57.4 Å². The van der Waals surface area contributed by atoms with Crippen LogP contribution >= 0.6 is 0 Å². The predicted molar refractivity (Wildman–Crippen MR) is 131 cm³/mol. The van der Waals surface area contributed by atoms with E-state index in [0.717, 1.165) is 24.8 Å². The third-order valence-corrected chi connectivity index (χ3v) is 6.87. The lowest BCUT2D eigenvalue weighted by atomic mass is 9.85. The number of methoxy groups -OCH3 is 1. The number of carbonyl (C=O) groups is 2. The molecule has 0 radical (unpaired) electrons. The van der Waals surface area contributed by atoms with Crippen molar-refractivity contribution in [2.45, 2.75) is 97.2 Å². The molecule has 2 heterocycles. The zero-order chi connectivity index (χ0) is 24.6. The third-order valence-electron chi connectivity index (χ3n) is 6.87. The summed E-state index contributed by atoms with van der Waals surface area (Å²) in [6.45, 7) is 10.5. The number of ketones is 1. The van der Waals surface area contributed by atoms with Gasteiger partial charge in [-0.25, -0.2) is 0 Å². The molecule has 5 atom stereocenters. The van der Waals surface area contributed by atoms with Crippen LogP contribution in [-0.4, -0.2) is 59.4 Å². The number of carbonyl (C=O) groups excluding carboxylic acids is 2. The van der Waals surface area contributed by atoms with Crippen molar-refractivity contribution in [3.8, 4) is 0 Å². The van der Waals surface area contributed by atoms with Crippen molar-refractivity contribution in [3.05, 3.63) is 36.0 Å². The number of hydrogen-bond acceptors (Lipinski definition) is 5. The number of ether oxygens (including phenoxy) is 2. The van der Waals surface area contributed by atoms with Crippen LogP contribution in [-0.2, 0) is 19.1 Å². The van der Waals surface area contributed by atoms with E-state index in [1.54, 1.807) is 18.9 Å². The Hall–Kier alpha value is -1.76. The monoisotopic (exact) mass is 461 g/mol. The molecule has 0 bridgehead atoms. The normalized spacial score (nSPS) is 30.4. The molecule has 0 aromatic rings. The van der Waals surface area contributed by atoms with Crippen molar-refractivity contribution in [1.29, 1.82) is 0 Å². The van der Waals surface area contributed by atoms with Crippen LogP contribution in [0.25, 0.3) is 0 Å². The highest BCUT2D eigenvalue weighted by molar-refractivity contribution is 6.38. The smallest absolute Gasteiger partial charge is 0.296 e. The van der Waals surface area contributed by atoms with E-state index in [9.17, 15) is 14.7 Å². The van der Waals surface area contributed by atoms with Crippen LogP contribution in [0.3, 0.4) is 0 Å². The fraction of sp³-hybridized carbons (Fsp3) is 0.704. The highest BCUT2D eigenvalue weighted by Gasteiger charge is 2.52. The van der Waals surface area contributed by atoms with Crippen molar-refractivity contribution in [2.24, 2.45) is 11.8 Å². The van der Waals surface area contributed by atoms with Gasteiger partial charge >= 0.3 is 0 Å². The maximum atomic E-state index is 13.1. The average Bonchev–Trinajstić information content (AvgIpc) is 2.78. The van der Waals surface area contributed by atoms with Gasteiger partial charge in [0.2, 0.25) is 5.79 Å². The summed E-state index contributed by atoms with van der Waals surface area (Å²) in [6.07, 6.45) is 14.1. The quantitative estimate of drug-likeness (QED) is 0.402. The largest absolute Gasteiger partial charge is 0.377 e. The Balaban J connectivity index is 2.06. The minimum absolute atomic E-state index is 0.00240.